The fourth-order valence-electron chi connectivity index (χ4n) is 4.18. The summed E-state index contributed by atoms with van der Waals surface area (Å²) in [6.45, 7) is 0.953. The summed E-state index contributed by atoms with van der Waals surface area (Å²) in [6.07, 6.45) is 4.53. The third kappa shape index (κ3) is 3.88. The smallest absolute Gasteiger partial charge is 0.238 e. The minimum absolute atomic E-state index is 0.0368. The second-order valence-corrected chi connectivity index (χ2v) is 9.62. The highest BCUT2D eigenvalue weighted by atomic mass is 32.2. The molecule has 7 heteroatoms. The maximum absolute atomic E-state index is 13.5. The van der Waals surface area contributed by atoms with Crippen LogP contribution in [0.5, 0.6) is 0 Å². The molecule has 5 nitrogen and oxygen atoms in total. The van der Waals surface area contributed by atoms with Crippen molar-refractivity contribution in [1.29, 1.82) is 0 Å². The predicted molar refractivity (Wildman–Crippen MR) is 122 cm³/mol. The van der Waals surface area contributed by atoms with Crippen molar-refractivity contribution in [3.8, 4) is 0 Å². The number of aromatic nitrogens is 3. The molecule has 0 saturated heterocycles. The molecule has 0 saturated carbocycles. The molecular weight excluding hydrogens is 412 g/mol. The number of fused-ring (bicyclic) bond motifs is 2. The molecule has 1 atom stereocenters. The Morgan fingerprint density at radius 3 is 2.77 bits per heavy atom. The molecule has 1 amide bonds. The van der Waals surface area contributed by atoms with E-state index < -0.39 is 0 Å². The van der Waals surface area contributed by atoms with Gasteiger partial charge in [-0.05, 0) is 30.5 Å². The van der Waals surface area contributed by atoms with E-state index in [4.69, 9.17) is 0 Å². The van der Waals surface area contributed by atoms with Gasteiger partial charge in [0.05, 0.1) is 17.5 Å². The van der Waals surface area contributed by atoms with Crippen molar-refractivity contribution in [2.45, 2.75) is 48.3 Å². The number of rotatable bonds is 4. The van der Waals surface area contributed by atoms with Crippen LogP contribution in [0.25, 0.3) is 0 Å². The molecule has 30 heavy (non-hydrogen) atoms. The van der Waals surface area contributed by atoms with Gasteiger partial charge in [0.2, 0.25) is 5.91 Å². The number of hydrogen-bond acceptors (Lipinski definition) is 5. The Hall–Kier alpha value is -2.25. The van der Waals surface area contributed by atoms with E-state index in [0.717, 1.165) is 41.8 Å². The average Bonchev–Trinajstić information content (AvgIpc) is 3.03. The number of benzene rings is 2. The van der Waals surface area contributed by atoms with Crippen LogP contribution in [-0.2, 0) is 17.8 Å². The van der Waals surface area contributed by atoms with E-state index in [9.17, 15) is 4.79 Å². The highest BCUT2D eigenvalue weighted by Gasteiger charge is 2.32. The number of anilines is 1. The van der Waals surface area contributed by atoms with Gasteiger partial charge in [-0.2, -0.15) is 0 Å². The lowest BCUT2D eigenvalue weighted by molar-refractivity contribution is -0.116. The lowest BCUT2D eigenvalue weighted by Crippen LogP contribution is -2.39. The number of carbonyl (C=O) groups is 1. The first-order valence-corrected chi connectivity index (χ1v) is 12.4. The Balaban J connectivity index is 1.40. The van der Waals surface area contributed by atoms with Crippen LogP contribution in [0.4, 0.5) is 5.69 Å². The fraction of sp³-hybridized carbons (Fsp3) is 0.348. The topological polar surface area (TPSA) is 51.0 Å². The van der Waals surface area contributed by atoms with Crippen LogP contribution in [0.3, 0.4) is 0 Å². The van der Waals surface area contributed by atoms with Gasteiger partial charge in [-0.1, -0.05) is 60.6 Å². The Bertz CT molecular complexity index is 1040. The maximum atomic E-state index is 13.5. The number of aryl methyl sites for hydroxylation is 1. The van der Waals surface area contributed by atoms with Crippen molar-refractivity contribution < 1.29 is 4.79 Å². The van der Waals surface area contributed by atoms with Gasteiger partial charge in [0.25, 0.3) is 0 Å². The van der Waals surface area contributed by atoms with E-state index >= 15 is 0 Å². The van der Waals surface area contributed by atoms with Crippen molar-refractivity contribution in [3.63, 3.8) is 0 Å². The van der Waals surface area contributed by atoms with E-state index in [0.29, 0.717) is 5.75 Å². The van der Waals surface area contributed by atoms with E-state index in [1.807, 2.05) is 47.0 Å². The van der Waals surface area contributed by atoms with Gasteiger partial charge in [0, 0.05) is 23.6 Å². The molecular formula is C23H24N4OS2. The van der Waals surface area contributed by atoms with Crippen LogP contribution in [-0.4, -0.2) is 32.2 Å². The normalized spacial score (nSPS) is 18.4. The van der Waals surface area contributed by atoms with Gasteiger partial charge in [-0.3, -0.25) is 4.79 Å². The summed E-state index contributed by atoms with van der Waals surface area (Å²) >= 11 is 3.34. The summed E-state index contributed by atoms with van der Waals surface area (Å²) in [7, 11) is 0. The van der Waals surface area contributed by atoms with Crippen molar-refractivity contribution in [3.05, 3.63) is 66.0 Å². The number of carbonyl (C=O) groups excluding carboxylic acids is 1. The van der Waals surface area contributed by atoms with E-state index in [-0.39, 0.29) is 11.9 Å². The summed E-state index contributed by atoms with van der Waals surface area (Å²) in [6, 6.07) is 18.6. The van der Waals surface area contributed by atoms with Crippen molar-refractivity contribution in [1.82, 2.24) is 14.8 Å². The highest BCUT2D eigenvalue weighted by molar-refractivity contribution is 8.00. The Labute approximate surface area is 185 Å². The van der Waals surface area contributed by atoms with Crippen LogP contribution >= 0.6 is 23.5 Å². The molecule has 0 aliphatic carbocycles. The second-order valence-electron chi connectivity index (χ2n) is 7.62. The molecule has 0 radical (unpaired) electrons. The predicted octanol–water partition coefficient (Wildman–Crippen LogP) is 4.98. The SMILES string of the molecule is O=C(CSc1nnc2n1CCCCC2)N1c2ccccc2SC[C@@H]1c1ccccc1. The Morgan fingerprint density at radius 1 is 1.03 bits per heavy atom. The van der Waals surface area contributed by atoms with Crippen LogP contribution < -0.4 is 4.90 Å². The molecule has 2 aliphatic heterocycles. The van der Waals surface area contributed by atoms with Crippen LogP contribution in [0.1, 0.15) is 36.7 Å². The summed E-state index contributed by atoms with van der Waals surface area (Å²) in [4.78, 5) is 16.7. The number of para-hydroxylation sites is 1. The molecule has 0 spiro atoms. The third-order valence-electron chi connectivity index (χ3n) is 5.69. The molecule has 0 N–H and O–H groups in total. The van der Waals surface area contributed by atoms with Gasteiger partial charge in [-0.15, -0.1) is 22.0 Å². The molecule has 1 aromatic heterocycles. The van der Waals surface area contributed by atoms with Crippen molar-refractivity contribution in [2.24, 2.45) is 0 Å². The number of thioether (sulfide) groups is 2. The second kappa shape index (κ2) is 8.86. The Morgan fingerprint density at radius 2 is 1.87 bits per heavy atom. The first-order chi connectivity index (χ1) is 14.8. The third-order valence-corrected chi connectivity index (χ3v) is 7.78. The molecule has 2 aliphatic rings. The van der Waals surface area contributed by atoms with Gasteiger partial charge in [-0.25, -0.2) is 0 Å². The molecule has 2 aromatic carbocycles. The molecule has 3 heterocycles. The summed E-state index contributed by atoms with van der Waals surface area (Å²) < 4.78 is 2.21. The highest BCUT2D eigenvalue weighted by Crippen LogP contribution is 2.43. The monoisotopic (exact) mass is 436 g/mol. The van der Waals surface area contributed by atoms with E-state index in [1.165, 1.54) is 35.1 Å². The zero-order chi connectivity index (χ0) is 20.3. The van der Waals surface area contributed by atoms with Gasteiger partial charge >= 0.3 is 0 Å². The number of hydrogen-bond donors (Lipinski definition) is 0. The zero-order valence-corrected chi connectivity index (χ0v) is 18.4. The lowest BCUT2D eigenvalue weighted by atomic mass is 10.1. The van der Waals surface area contributed by atoms with Crippen molar-refractivity contribution in [2.75, 3.05) is 16.4 Å². The standard InChI is InChI=1S/C23H24N4OS2/c28-22(16-30-23-25-24-21-13-5-2-8-14-26(21)23)27-18-11-6-7-12-20(18)29-15-19(27)17-9-3-1-4-10-17/h1,3-4,6-7,9-12,19H,2,5,8,13-16H2/t19-/m1/s1. The van der Waals surface area contributed by atoms with Crippen LogP contribution in [0, 0.1) is 0 Å². The minimum Gasteiger partial charge on any atom is -0.306 e. The quantitative estimate of drug-likeness (QED) is 0.540. The van der Waals surface area contributed by atoms with Gasteiger partial charge in [0.1, 0.15) is 5.82 Å². The summed E-state index contributed by atoms with van der Waals surface area (Å²) in [5, 5.41) is 9.62. The molecule has 0 unspecified atom stereocenters. The van der Waals surface area contributed by atoms with Crippen molar-refractivity contribution >= 4 is 35.1 Å². The first kappa shape index (κ1) is 19.7. The fourth-order valence-corrected chi connectivity index (χ4v) is 6.19. The molecule has 5 rings (SSSR count). The maximum Gasteiger partial charge on any atom is 0.238 e. The largest absolute Gasteiger partial charge is 0.306 e. The van der Waals surface area contributed by atoms with Crippen LogP contribution in [0.15, 0.2) is 64.6 Å². The molecule has 154 valence electrons. The van der Waals surface area contributed by atoms with Gasteiger partial charge in [0.15, 0.2) is 5.16 Å². The number of amides is 1. The molecule has 3 aromatic rings. The Kier molecular flexibility index (Phi) is 5.82. The van der Waals surface area contributed by atoms with Crippen LogP contribution in [0.2, 0.25) is 0 Å². The molecule has 0 bridgehead atoms. The van der Waals surface area contributed by atoms with E-state index in [2.05, 4.69) is 39.0 Å². The van der Waals surface area contributed by atoms with E-state index in [1.54, 1.807) is 0 Å². The average molecular weight is 437 g/mol. The zero-order valence-electron chi connectivity index (χ0n) is 16.7. The van der Waals surface area contributed by atoms with Gasteiger partial charge < -0.3 is 9.47 Å². The number of nitrogens with zero attached hydrogens (tertiary/aromatic N) is 4. The summed E-state index contributed by atoms with van der Waals surface area (Å²) in [5.41, 5.74) is 2.18. The molecule has 0 fully saturated rings. The minimum atomic E-state index is 0.0368. The first-order valence-electron chi connectivity index (χ1n) is 10.4. The lowest BCUT2D eigenvalue weighted by Gasteiger charge is -2.37. The summed E-state index contributed by atoms with van der Waals surface area (Å²) in [5.74, 6) is 2.40.